The van der Waals surface area contributed by atoms with Gasteiger partial charge in [0.15, 0.2) is 0 Å². The van der Waals surface area contributed by atoms with Gasteiger partial charge in [0.05, 0.1) is 6.42 Å². The summed E-state index contributed by atoms with van der Waals surface area (Å²) in [4.78, 5) is 27.2. The number of piperidine rings is 1. The Kier molecular flexibility index (Phi) is 3.82. The summed E-state index contributed by atoms with van der Waals surface area (Å²) < 4.78 is 0. The summed E-state index contributed by atoms with van der Waals surface area (Å²) in [7, 11) is 0. The molecule has 2 aliphatic rings. The molecule has 1 atom stereocenters. The summed E-state index contributed by atoms with van der Waals surface area (Å²) in [6, 6.07) is 0.596. The Morgan fingerprint density at radius 2 is 2.06 bits per heavy atom. The smallest absolute Gasteiger partial charge is 0.230 e. The molecule has 96 valence electrons. The molecule has 0 aromatic rings. The molecule has 0 aliphatic carbocycles. The molecule has 0 radical (unpaired) electrons. The number of nitrogens with zero attached hydrogens (tertiary/aromatic N) is 2. The van der Waals surface area contributed by atoms with Crippen molar-refractivity contribution in [2.24, 2.45) is 5.92 Å². The third-order valence-electron chi connectivity index (χ3n) is 3.89. The highest BCUT2D eigenvalue weighted by Gasteiger charge is 2.30. The van der Waals surface area contributed by atoms with Crippen molar-refractivity contribution in [2.45, 2.75) is 39.2 Å². The van der Waals surface area contributed by atoms with Gasteiger partial charge in [0.25, 0.3) is 0 Å². The van der Waals surface area contributed by atoms with E-state index in [-0.39, 0.29) is 18.1 Å². The van der Waals surface area contributed by atoms with Crippen LogP contribution < -0.4 is 0 Å². The third kappa shape index (κ3) is 3.06. The van der Waals surface area contributed by atoms with Crippen LogP contribution in [0.4, 0.5) is 0 Å². The van der Waals surface area contributed by atoms with Gasteiger partial charge in [0, 0.05) is 32.1 Å². The molecule has 2 saturated heterocycles. The zero-order chi connectivity index (χ0) is 12.4. The lowest BCUT2D eigenvalue weighted by atomic mass is 10.0. The zero-order valence-electron chi connectivity index (χ0n) is 10.8. The monoisotopic (exact) mass is 238 g/mol. The molecule has 17 heavy (non-hydrogen) atoms. The third-order valence-corrected chi connectivity index (χ3v) is 3.89. The second-order valence-corrected chi connectivity index (χ2v) is 5.55. The molecule has 0 bridgehead atoms. The SMILES string of the molecule is CC(C)N1CCC(CN2CCC(=O)CC2=O)C1. The molecule has 2 fully saturated rings. The van der Waals surface area contributed by atoms with E-state index in [2.05, 4.69) is 18.7 Å². The van der Waals surface area contributed by atoms with Crippen LogP contribution in [0.3, 0.4) is 0 Å². The van der Waals surface area contributed by atoms with Gasteiger partial charge in [-0.05, 0) is 32.7 Å². The highest BCUT2D eigenvalue weighted by molar-refractivity contribution is 6.00. The van der Waals surface area contributed by atoms with Gasteiger partial charge in [0.1, 0.15) is 5.78 Å². The molecule has 0 aromatic heterocycles. The van der Waals surface area contributed by atoms with Gasteiger partial charge in [-0.2, -0.15) is 0 Å². The van der Waals surface area contributed by atoms with Crippen molar-refractivity contribution >= 4 is 11.7 Å². The lowest BCUT2D eigenvalue weighted by Gasteiger charge is -2.29. The van der Waals surface area contributed by atoms with E-state index in [1.165, 1.54) is 6.42 Å². The molecule has 1 unspecified atom stereocenters. The van der Waals surface area contributed by atoms with Gasteiger partial charge in [-0.1, -0.05) is 0 Å². The number of hydrogen-bond donors (Lipinski definition) is 0. The second-order valence-electron chi connectivity index (χ2n) is 5.55. The molecule has 0 saturated carbocycles. The zero-order valence-corrected chi connectivity index (χ0v) is 10.8. The molecular weight excluding hydrogens is 216 g/mol. The van der Waals surface area contributed by atoms with E-state index < -0.39 is 0 Å². The molecule has 0 aromatic carbocycles. The van der Waals surface area contributed by atoms with Gasteiger partial charge in [-0.25, -0.2) is 0 Å². The topological polar surface area (TPSA) is 40.6 Å². The van der Waals surface area contributed by atoms with Gasteiger partial charge in [0.2, 0.25) is 5.91 Å². The lowest BCUT2D eigenvalue weighted by molar-refractivity contribution is -0.139. The van der Waals surface area contributed by atoms with Crippen LogP contribution in [-0.2, 0) is 9.59 Å². The second kappa shape index (κ2) is 5.17. The maximum absolute atomic E-state index is 11.7. The number of carbonyl (C=O) groups is 2. The van der Waals surface area contributed by atoms with Crippen LogP contribution in [0.5, 0.6) is 0 Å². The average Bonchev–Trinajstić information content (AvgIpc) is 2.71. The average molecular weight is 238 g/mol. The summed E-state index contributed by atoms with van der Waals surface area (Å²) in [5, 5.41) is 0. The van der Waals surface area contributed by atoms with E-state index in [0.29, 0.717) is 24.9 Å². The first-order valence-corrected chi connectivity index (χ1v) is 6.60. The fourth-order valence-corrected chi connectivity index (χ4v) is 2.74. The van der Waals surface area contributed by atoms with E-state index in [4.69, 9.17) is 0 Å². The molecule has 0 N–H and O–H groups in total. The summed E-state index contributed by atoms with van der Waals surface area (Å²) in [5.41, 5.74) is 0. The summed E-state index contributed by atoms with van der Waals surface area (Å²) in [6.07, 6.45) is 1.85. The number of likely N-dealkylation sites (tertiary alicyclic amines) is 2. The minimum atomic E-state index is 0.0317. The van der Waals surface area contributed by atoms with Crippen molar-refractivity contribution in [3.05, 3.63) is 0 Å². The Balaban J connectivity index is 1.82. The molecule has 0 spiro atoms. The van der Waals surface area contributed by atoms with E-state index in [9.17, 15) is 9.59 Å². The van der Waals surface area contributed by atoms with Crippen LogP contribution >= 0.6 is 0 Å². The fourth-order valence-electron chi connectivity index (χ4n) is 2.74. The number of ketones is 1. The van der Waals surface area contributed by atoms with Crippen LogP contribution in [0.25, 0.3) is 0 Å². The van der Waals surface area contributed by atoms with Crippen molar-refractivity contribution in [3.63, 3.8) is 0 Å². The summed E-state index contributed by atoms with van der Waals surface area (Å²) >= 11 is 0. The number of amides is 1. The molecule has 4 nitrogen and oxygen atoms in total. The predicted molar refractivity (Wildman–Crippen MR) is 65.6 cm³/mol. The maximum Gasteiger partial charge on any atom is 0.230 e. The van der Waals surface area contributed by atoms with Gasteiger partial charge < -0.3 is 9.80 Å². The van der Waals surface area contributed by atoms with Crippen LogP contribution in [0.1, 0.15) is 33.1 Å². The fraction of sp³-hybridized carbons (Fsp3) is 0.846. The van der Waals surface area contributed by atoms with Crippen LogP contribution in [0.2, 0.25) is 0 Å². The number of rotatable bonds is 3. The quantitative estimate of drug-likeness (QED) is 0.686. The van der Waals surface area contributed by atoms with E-state index in [0.717, 1.165) is 19.6 Å². The first-order chi connectivity index (χ1) is 8.06. The van der Waals surface area contributed by atoms with Crippen molar-refractivity contribution < 1.29 is 9.59 Å². The summed E-state index contributed by atoms with van der Waals surface area (Å²) in [6.45, 7) is 8.14. The van der Waals surface area contributed by atoms with Crippen LogP contribution in [0.15, 0.2) is 0 Å². The normalized spacial score (nSPS) is 27.2. The number of carbonyl (C=O) groups excluding carboxylic acids is 2. The minimum Gasteiger partial charge on any atom is -0.342 e. The predicted octanol–water partition coefficient (Wildman–Crippen LogP) is 0.908. The van der Waals surface area contributed by atoms with E-state index >= 15 is 0 Å². The Bertz CT molecular complexity index is 315. The first-order valence-electron chi connectivity index (χ1n) is 6.60. The molecule has 1 amide bonds. The Morgan fingerprint density at radius 3 is 2.65 bits per heavy atom. The number of Topliss-reactive ketones (excluding diaryl/α,β-unsaturated/α-hetero) is 1. The Labute approximate surface area is 103 Å². The molecule has 2 rings (SSSR count). The molecule has 2 aliphatic heterocycles. The standard InChI is InChI=1S/C13H22N2O2/c1-10(2)14-5-3-11(8-14)9-15-6-4-12(16)7-13(15)17/h10-11H,3-9H2,1-2H3. The van der Waals surface area contributed by atoms with E-state index in [1.54, 1.807) is 0 Å². The molecular formula is C13H22N2O2. The van der Waals surface area contributed by atoms with Crippen molar-refractivity contribution in [3.8, 4) is 0 Å². The minimum absolute atomic E-state index is 0.0317. The first kappa shape index (κ1) is 12.6. The van der Waals surface area contributed by atoms with Crippen LogP contribution in [0, 0.1) is 5.92 Å². The maximum atomic E-state index is 11.7. The largest absolute Gasteiger partial charge is 0.342 e. The Morgan fingerprint density at radius 1 is 1.29 bits per heavy atom. The summed E-state index contributed by atoms with van der Waals surface area (Å²) in [5.74, 6) is 0.722. The van der Waals surface area contributed by atoms with Gasteiger partial charge in [-0.3, -0.25) is 9.59 Å². The van der Waals surface area contributed by atoms with Crippen molar-refractivity contribution in [1.82, 2.24) is 9.80 Å². The highest BCUT2D eigenvalue weighted by Crippen LogP contribution is 2.21. The molecule has 2 heterocycles. The molecule has 4 heteroatoms. The van der Waals surface area contributed by atoms with Gasteiger partial charge >= 0.3 is 0 Å². The van der Waals surface area contributed by atoms with Crippen molar-refractivity contribution in [1.29, 1.82) is 0 Å². The number of hydrogen-bond acceptors (Lipinski definition) is 3. The Hall–Kier alpha value is -0.900. The highest BCUT2D eigenvalue weighted by atomic mass is 16.2. The lowest BCUT2D eigenvalue weighted by Crippen LogP contribution is -2.42. The van der Waals surface area contributed by atoms with Crippen LogP contribution in [-0.4, -0.2) is 53.7 Å². The van der Waals surface area contributed by atoms with E-state index in [1.807, 2.05) is 4.90 Å². The van der Waals surface area contributed by atoms with Crippen molar-refractivity contribution in [2.75, 3.05) is 26.2 Å². The van der Waals surface area contributed by atoms with Gasteiger partial charge in [-0.15, -0.1) is 0 Å².